The Morgan fingerprint density at radius 2 is 0.516 bits per heavy atom. The molecule has 0 bridgehead atoms. The molecule has 0 unspecified atom stereocenters. The van der Waals surface area contributed by atoms with E-state index in [-0.39, 0.29) is 146 Å². The highest BCUT2D eigenvalue weighted by atomic mass is 16.4. The molecule has 0 aliphatic rings. The molecule has 0 aliphatic heterocycles. The Morgan fingerprint density at radius 1 is 0.319 bits per heavy atom. The predicted molar refractivity (Wildman–Crippen MR) is 344 cm³/mol. The van der Waals surface area contributed by atoms with Crippen LogP contribution in [0.5, 0.6) is 0 Å². The van der Waals surface area contributed by atoms with Gasteiger partial charge in [0.25, 0.3) is 0 Å². The molecule has 0 rings (SSSR count). The third-order valence-corrected chi connectivity index (χ3v) is 14.8. The van der Waals surface area contributed by atoms with Crippen LogP contribution >= 0.6 is 0 Å². The van der Waals surface area contributed by atoms with Crippen molar-refractivity contribution in [2.45, 2.75) is 192 Å². The van der Waals surface area contributed by atoms with Gasteiger partial charge in [-0.05, 0) is 94.8 Å². The zero-order valence-electron chi connectivity index (χ0n) is 53.4. The number of rotatable bonds is 47. The summed E-state index contributed by atoms with van der Waals surface area (Å²) in [6.45, 7) is 11.1. The highest BCUT2D eigenvalue weighted by Crippen LogP contribution is 2.16. The van der Waals surface area contributed by atoms with E-state index in [0.717, 1.165) is 0 Å². The van der Waals surface area contributed by atoms with Gasteiger partial charge in [0.1, 0.15) is 48.3 Å². The number of carboxylic acid groups (broad SMARTS) is 1. The number of guanidine groups is 6. The molecule has 0 aromatic carbocycles. The summed E-state index contributed by atoms with van der Waals surface area (Å²) in [5.41, 5.74) is 38.8. The van der Waals surface area contributed by atoms with Crippen molar-refractivity contribution in [3.63, 3.8) is 0 Å². The summed E-state index contributed by atoms with van der Waals surface area (Å²) in [6, 6.07) is -12.0. The third-order valence-electron chi connectivity index (χ3n) is 14.8. The van der Waals surface area contributed by atoms with E-state index in [0.29, 0.717) is 25.7 Å². The second kappa shape index (κ2) is 45.1. The van der Waals surface area contributed by atoms with Crippen LogP contribution in [0.15, 0.2) is 0 Å². The van der Waals surface area contributed by atoms with Crippen LogP contribution in [0.1, 0.15) is 138 Å². The molecule has 37 heteroatoms. The highest BCUT2D eigenvalue weighted by molar-refractivity contribution is 5.98. The van der Waals surface area contributed by atoms with E-state index in [1.165, 1.54) is 0 Å². The Hall–Kier alpha value is -9.19. The normalized spacial score (nSPS) is 14.8. The largest absolute Gasteiger partial charge is 0.480 e. The summed E-state index contributed by atoms with van der Waals surface area (Å²) < 4.78 is 0. The van der Waals surface area contributed by atoms with Crippen LogP contribution in [-0.4, -0.2) is 188 Å². The first-order valence-electron chi connectivity index (χ1n) is 30.7. The van der Waals surface area contributed by atoms with Crippen molar-refractivity contribution in [1.82, 2.24) is 74.4 Å². The van der Waals surface area contributed by atoms with E-state index < -0.39 is 125 Å². The van der Waals surface area contributed by atoms with Crippen LogP contribution in [-0.2, 0) is 43.2 Å². The van der Waals surface area contributed by atoms with Gasteiger partial charge < -0.3 is 120 Å². The molecule has 0 saturated carbocycles. The standard InChI is InChI=1S/C54H107N27O10/c1-7-28(4)37(79-43(85)34(19-13-25-71-52(62)63)74-40(82)31(55)16-10-22-68-49(56)57)45(87)76-32(17-11-23-69-50(58)59)41(83)75-35(20-14-26-72-53(64)65)44(86)80-39(30(6)9-3)47(89)81-38(29(5)8-2)46(88)77-33(18-12-24-70-51(60)61)42(84)78-36(48(90)91)21-15-27-73-54(66)67/h28-39H,7-27,55H2,1-6H3,(H,74,82)(H,75,83)(H,76,87)(H,77,88)(H,78,84)(H,79,85)(H,80,86)(H,81,89)(H,90,91)(H4,56,57,68)(H4,58,59,69)(H4,60,61,70)(H4,62,63,71)(H4,64,65,72)(H4,66,67,73)/t28-,29-,30-,31-,32-,33-,34-,35-,36-,37-,38-,39-/m0/s1. The van der Waals surface area contributed by atoms with Crippen LogP contribution < -0.4 is 115 Å². The van der Waals surface area contributed by atoms with Gasteiger partial charge in [0.15, 0.2) is 35.8 Å². The van der Waals surface area contributed by atoms with E-state index >= 15 is 0 Å². The van der Waals surface area contributed by atoms with Crippen molar-refractivity contribution >= 4 is 89.0 Å². The van der Waals surface area contributed by atoms with Crippen LogP contribution in [0.4, 0.5) is 0 Å². The van der Waals surface area contributed by atoms with Gasteiger partial charge in [0.05, 0.1) is 6.04 Å². The van der Waals surface area contributed by atoms with Crippen molar-refractivity contribution in [3.8, 4) is 0 Å². The average molecular weight is 1290 g/mol. The van der Waals surface area contributed by atoms with Crippen molar-refractivity contribution in [2.24, 2.45) is 57.9 Å². The van der Waals surface area contributed by atoms with Crippen LogP contribution in [0.25, 0.3) is 0 Å². The molecule has 35 N–H and O–H groups in total. The molecular weight excluding hydrogens is 1190 g/mol. The van der Waals surface area contributed by atoms with E-state index in [1.807, 2.05) is 0 Å². The van der Waals surface area contributed by atoms with E-state index in [4.69, 9.17) is 72.6 Å². The molecule has 518 valence electrons. The van der Waals surface area contributed by atoms with Crippen molar-refractivity contribution in [3.05, 3.63) is 0 Å². The lowest BCUT2D eigenvalue weighted by Crippen LogP contribution is -2.62. The quantitative estimate of drug-likeness (QED) is 0.0153. The van der Waals surface area contributed by atoms with E-state index in [9.17, 15) is 48.3 Å². The molecule has 0 heterocycles. The molecule has 0 spiro atoms. The van der Waals surface area contributed by atoms with Crippen LogP contribution in [0, 0.1) is 50.2 Å². The number of carboxylic acids is 1. The van der Waals surface area contributed by atoms with Gasteiger partial charge in [-0.3, -0.25) is 70.8 Å². The lowest BCUT2D eigenvalue weighted by molar-refractivity contribution is -0.142. The smallest absolute Gasteiger partial charge is 0.326 e. The van der Waals surface area contributed by atoms with Crippen LogP contribution in [0.3, 0.4) is 0 Å². The maximum atomic E-state index is 14.7. The van der Waals surface area contributed by atoms with Gasteiger partial charge in [0.2, 0.25) is 47.3 Å². The number of nitrogens with one attached hydrogen (secondary N) is 20. The number of hydrogen-bond donors (Lipinski definition) is 28. The topological polar surface area (TPSA) is 668 Å². The highest BCUT2D eigenvalue weighted by Gasteiger charge is 2.38. The maximum Gasteiger partial charge on any atom is 0.326 e. The Kier molecular flexibility index (Phi) is 40.6. The zero-order valence-corrected chi connectivity index (χ0v) is 53.4. The second-order valence-electron chi connectivity index (χ2n) is 22.3. The summed E-state index contributed by atoms with van der Waals surface area (Å²) in [5.74, 6) is -11.7. The van der Waals surface area contributed by atoms with E-state index in [2.05, 4.69) is 74.4 Å². The monoisotopic (exact) mass is 1290 g/mol. The van der Waals surface area contributed by atoms with Gasteiger partial charge in [-0.2, -0.15) is 0 Å². The molecular formula is C54H107N27O10. The SMILES string of the molecule is CC[C@H](C)[C@H](NC(=O)[C@H](CCCNC(=N)N)NC(=O)[C@@H](N)CCCNC(=N)N)C(=O)N[C@@H](CCCNC(=N)N)C(=O)N[C@@H](CCCNC(=N)N)C(=O)N[C@H](C(=O)N[C@H](C(=O)N[C@@H](CCCNC(=N)N)C(=O)N[C@@H](CCCNC(=N)N)C(=O)O)[C@@H](C)CC)[C@@H](C)CC. The van der Waals surface area contributed by atoms with Gasteiger partial charge in [-0.15, -0.1) is 0 Å². The van der Waals surface area contributed by atoms with Gasteiger partial charge in [0, 0.05) is 39.3 Å². The van der Waals surface area contributed by atoms with Crippen LogP contribution in [0.2, 0.25) is 0 Å². The number of hydrogen-bond acceptors (Lipinski definition) is 16. The first-order chi connectivity index (χ1) is 42.8. The molecule has 0 aromatic heterocycles. The lowest BCUT2D eigenvalue weighted by Gasteiger charge is -2.31. The fourth-order valence-corrected chi connectivity index (χ4v) is 8.86. The minimum atomic E-state index is -1.44. The summed E-state index contributed by atoms with van der Waals surface area (Å²) in [6.07, 6.45) is 1.91. The number of amides is 8. The fraction of sp³-hybridized carbons (Fsp3) is 0.722. The maximum absolute atomic E-state index is 14.7. The van der Waals surface area contributed by atoms with Gasteiger partial charge in [-0.25, -0.2) is 4.79 Å². The Bertz CT molecular complexity index is 2420. The first-order valence-corrected chi connectivity index (χ1v) is 30.7. The number of nitrogens with two attached hydrogens (primary N) is 7. The molecule has 12 atom stereocenters. The molecule has 0 radical (unpaired) electrons. The molecule has 8 amide bonds. The van der Waals surface area contributed by atoms with Crippen molar-refractivity contribution in [2.75, 3.05) is 39.3 Å². The Labute approximate surface area is 532 Å². The van der Waals surface area contributed by atoms with E-state index in [1.54, 1.807) is 41.5 Å². The van der Waals surface area contributed by atoms with Gasteiger partial charge >= 0.3 is 5.97 Å². The Balaban J connectivity index is 7.22. The number of carbonyl (C=O) groups is 9. The Morgan fingerprint density at radius 3 is 0.769 bits per heavy atom. The molecule has 0 aliphatic carbocycles. The summed E-state index contributed by atoms with van der Waals surface area (Å²) in [4.78, 5) is 126. The number of aliphatic carboxylic acids is 1. The average Bonchev–Trinajstić information content (AvgIpc) is 1.23. The van der Waals surface area contributed by atoms with Crippen molar-refractivity contribution in [1.29, 1.82) is 32.5 Å². The second-order valence-corrected chi connectivity index (χ2v) is 22.3. The summed E-state index contributed by atoms with van der Waals surface area (Å²) >= 11 is 0. The molecule has 37 nitrogen and oxygen atoms in total. The molecule has 0 aromatic rings. The summed E-state index contributed by atoms with van der Waals surface area (Å²) in [7, 11) is 0. The molecule has 0 fully saturated rings. The lowest BCUT2D eigenvalue weighted by atomic mass is 9.94. The third kappa shape index (κ3) is 35.6. The molecule has 0 saturated heterocycles. The van der Waals surface area contributed by atoms with Gasteiger partial charge in [-0.1, -0.05) is 60.8 Å². The number of carbonyl (C=O) groups excluding carboxylic acids is 8. The minimum Gasteiger partial charge on any atom is -0.480 e. The summed E-state index contributed by atoms with van der Waals surface area (Å²) in [5, 5.41) is 92.1. The predicted octanol–water partition coefficient (Wildman–Crippen LogP) is -6.01. The van der Waals surface area contributed by atoms with Crippen molar-refractivity contribution < 1.29 is 48.3 Å². The molecule has 91 heavy (non-hydrogen) atoms. The zero-order chi connectivity index (χ0) is 69.3. The fourth-order valence-electron chi connectivity index (χ4n) is 8.86. The first kappa shape index (κ1) is 81.8. The minimum absolute atomic E-state index is 0.00481.